The number of rotatable bonds is 8. The van der Waals surface area contributed by atoms with Crippen molar-refractivity contribution in [1.29, 1.82) is 0 Å². The molecule has 0 bridgehead atoms. The lowest BCUT2D eigenvalue weighted by Crippen LogP contribution is -2.15. The number of nitrogens with zero attached hydrogens (tertiary/aromatic N) is 1. The molecule has 0 fully saturated rings. The second kappa shape index (κ2) is 12.3. The van der Waals surface area contributed by atoms with Crippen LogP contribution in [0.3, 0.4) is 0 Å². The van der Waals surface area contributed by atoms with Crippen molar-refractivity contribution in [3.63, 3.8) is 0 Å². The Morgan fingerprint density at radius 2 is 1.83 bits per heavy atom. The van der Waals surface area contributed by atoms with Crippen LogP contribution in [0.15, 0.2) is 47.5 Å². The lowest BCUT2D eigenvalue weighted by molar-refractivity contribution is -0.145. The molecule has 0 atom stereocenters. The molecular formula is C26H24I2N2O4S. The average Bonchev–Trinajstić information content (AvgIpc) is 3.21. The third kappa shape index (κ3) is 6.62. The van der Waals surface area contributed by atoms with Gasteiger partial charge in [-0.15, -0.1) is 11.3 Å². The normalized spacial score (nSPS) is 12.9. The van der Waals surface area contributed by atoms with E-state index in [2.05, 4.69) is 50.5 Å². The molecule has 9 heteroatoms. The molecule has 0 spiro atoms. The molecule has 0 saturated heterocycles. The number of anilines is 1. The highest BCUT2D eigenvalue weighted by Gasteiger charge is 2.25. The Labute approximate surface area is 235 Å². The Bertz CT molecular complexity index is 1230. The van der Waals surface area contributed by atoms with E-state index in [0.29, 0.717) is 17.9 Å². The summed E-state index contributed by atoms with van der Waals surface area (Å²) < 4.78 is 12.3. The smallest absolute Gasteiger partial charge is 0.344 e. The van der Waals surface area contributed by atoms with Gasteiger partial charge in [0.1, 0.15) is 10.8 Å². The van der Waals surface area contributed by atoms with E-state index in [4.69, 9.17) is 14.5 Å². The quantitative estimate of drug-likeness (QED) is 0.159. The molecule has 6 nitrogen and oxygen atoms in total. The molecule has 2 aromatic carbocycles. The number of esters is 1. The zero-order valence-corrected chi connectivity index (χ0v) is 24.2. The molecule has 0 saturated carbocycles. The number of aliphatic imine (C=N–C) groups is 1. The van der Waals surface area contributed by atoms with Crippen molar-refractivity contribution in [2.24, 2.45) is 4.99 Å². The summed E-state index contributed by atoms with van der Waals surface area (Å²) in [6.07, 6.45) is 5.91. The molecule has 0 unspecified atom stereocenters. The van der Waals surface area contributed by atoms with E-state index in [-0.39, 0.29) is 12.5 Å². The van der Waals surface area contributed by atoms with Crippen molar-refractivity contribution in [3.8, 4) is 5.75 Å². The minimum absolute atomic E-state index is 0.116. The summed E-state index contributed by atoms with van der Waals surface area (Å²) in [5.41, 5.74) is 3.48. The number of para-hydroxylation sites is 1. The third-order valence-electron chi connectivity index (χ3n) is 5.40. The van der Waals surface area contributed by atoms with Gasteiger partial charge in [-0.25, -0.2) is 9.79 Å². The highest BCUT2D eigenvalue weighted by Crippen LogP contribution is 2.40. The summed E-state index contributed by atoms with van der Waals surface area (Å²) in [7, 11) is 0. The van der Waals surface area contributed by atoms with Gasteiger partial charge < -0.3 is 14.8 Å². The molecule has 3 aromatic rings. The zero-order valence-electron chi connectivity index (χ0n) is 19.1. The Kier molecular flexibility index (Phi) is 9.17. The van der Waals surface area contributed by atoms with E-state index in [9.17, 15) is 9.59 Å². The maximum absolute atomic E-state index is 13.3. The summed E-state index contributed by atoms with van der Waals surface area (Å²) in [4.78, 5) is 30.9. The van der Waals surface area contributed by atoms with Gasteiger partial charge in [-0.05, 0) is 113 Å². The molecule has 1 heterocycles. The predicted molar refractivity (Wildman–Crippen MR) is 157 cm³/mol. The van der Waals surface area contributed by atoms with E-state index in [1.165, 1.54) is 4.88 Å². The number of halogens is 2. The third-order valence-corrected chi connectivity index (χ3v) is 8.21. The Morgan fingerprint density at radius 3 is 2.54 bits per heavy atom. The Balaban J connectivity index is 1.58. The van der Waals surface area contributed by atoms with E-state index in [1.807, 2.05) is 42.5 Å². The first-order valence-electron chi connectivity index (χ1n) is 11.3. The number of aryl methyl sites for hydroxylation is 1. The molecule has 182 valence electrons. The molecule has 1 aliphatic carbocycles. The fourth-order valence-electron chi connectivity index (χ4n) is 3.85. The van der Waals surface area contributed by atoms with Gasteiger partial charge in [-0.2, -0.15) is 0 Å². The number of fused-ring (bicyclic) bond motifs is 1. The number of carbonyl (C=O) groups is 2. The first-order valence-corrected chi connectivity index (χ1v) is 14.3. The molecule has 0 aliphatic heterocycles. The summed E-state index contributed by atoms with van der Waals surface area (Å²) in [6, 6.07) is 13.4. The second-order valence-electron chi connectivity index (χ2n) is 7.88. The Morgan fingerprint density at radius 1 is 1.11 bits per heavy atom. The number of ether oxygens (including phenoxy) is 2. The van der Waals surface area contributed by atoms with Crippen molar-refractivity contribution in [2.45, 2.75) is 32.6 Å². The molecule has 1 N–H and O–H groups in total. The van der Waals surface area contributed by atoms with Crippen molar-refractivity contribution >= 4 is 85.3 Å². The fourth-order valence-corrected chi connectivity index (χ4v) is 7.21. The van der Waals surface area contributed by atoms with Crippen LogP contribution in [0.1, 0.15) is 46.1 Å². The van der Waals surface area contributed by atoms with Crippen LogP contribution >= 0.6 is 56.5 Å². The number of carbonyl (C=O) groups excluding carboxylic acids is 2. The minimum Gasteiger partial charge on any atom is -0.480 e. The number of hydrogen-bond acceptors (Lipinski definition) is 6. The summed E-state index contributed by atoms with van der Waals surface area (Å²) in [6.45, 7) is 1.96. The van der Waals surface area contributed by atoms with Crippen LogP contribution < -0.4 is 10.1 Å². The van der Waals surface area contributed by atoms with Crippen LogP contribution in [-0.2, 0) is 22.4 Å². The first kappa shape index (κ1) is 26.1. The zero-order chi connectivity index (χ0) is 24.8. The van der Waals surface area contributed by atoms with Crippen LogP contribution in [-0.4, -0.2) is 31.3 Å². The molecular weight excluding hydrogens is 690 g/mol. The maximum Gasteiger partial charge on any atom is 0.344 e. The molecule has 35 heavy (non-hydrogen) atoms. The standard InChI is InChI=1S/C26H24I2N2O4S/c1-2-33-22(31)15-34-24-19(27)12-16(13-20(24)28)14-29-26-23(18-10-6-7-11-21(18)35-26)25(32)30-17-8-4-3-5-9-17/h3-5,8-9,12-14H,2,6-7,10-11,15H2,1H3,(H,30,32). The van der Waals surface area contributed by atoms with Crippen LogP contribution in [0.4, 0.5) is 10.7 Å². The van der Waals surface area contributed by atoms with Crippen molar-refractivity contribution in [2.75, 3.05) is 18.5 Å². The lowest BCUT2D eigenvalue weighted by Gasteiger charge is -2.12. The average molecular weight is 714 g/mol. The topological polar surface area (TPSA) is 77.0 Å². The maximum atomic E-state index is 13.3. The van der Waals surface area contributed by atoms with E-state index in [1.54, 1.807) is 24.5 Å². The molecule has 0 radical (unpaired) electrons. The molecule has 1 aliphatic rings. The van der Waals surface area contributed by atoms with Gasteiger partial charge in [0.2, 0.25) is 0 Å². The van der Waals surface area contributed by atoms with Gasteiger partial charge in [0, 0.05) is 16.8 Å². The highest BCUT2D eigenvalue weighted by molar-refractivity contribution is 14.1. The van der Waals surface area contributed by atoms with Gasteiger partial charge in [0.15, 0.2) is 6.61 Å². The molecule has 4 rings (SSSR count). The van der Waals surface area contributed by atoms with Crippen LogP contribution in [0, 0.1) is 7.14 Å². The number of hydrogen-bond donors (Lipinski definition) is 1. The van der Waals surface area contributed by atoms with E-state index < -0.39 is 5.97 Å². The number of amides is 1. The van der Waals surface area contributed by atoms with E-state index in [0.717, 1.165) is 54.6 Å². The lowest BCUT2D eigenvalue weighted by atomic mass is 9.95. The van der Waals surface area contributed by atoms with Crippen molar-refractivity contribution in [1.82, 2.24) is 0 Å². The summed E-state index contributed by atoms with van der Waals surface area (Å²) in [5.74, 6) is 0.133. The predicted octanol–water partition coefficient (Wildman–Crippen LogP) is 6.78. The van der Waals surface area contributed by atoms with Gasteiger partial charge in [0.05, 0.1) is 19.3 Å². The van der Waals surface area contributed by atoms with Crippen LogP contribution in [0.25, 0.3) is 0 Å². The van der Waals surface area contributed by atoms with E-state index >= 15 is 0 Å². The van der Waals surface area contributed by atoms with Crippen molar-refractivity contribution < 1.29 is 19.1 Å². The van der Waals surface area contributed by atoms with Crippen LogP contribution in [0.5, 0.6) is 5.75 Å². The SMILES string of the molecule is CCOC(=O)COc1c(I)cc(C=Nc2sc3c(c2C(=O)Nc2ccccc2)CCCC3)cc1I. The number of nitrogens with one attached hydrogen (secondary N) is 1. The van der Waals surface area contributed by atoms with Gasteiger partial charge in [-0.1, -0.05) is 18.2 Å². The van der Waals surface area contributed by atoms with Crippen molar-refractivity contribution in [3.05, 3.63) is 71.2 Å². The largest absolute Gasteiger partial charge is 0.480 e. The summed E-state index contributed by atoms with van der Waals surface area (Å²) >= 11 is 5.99. The number of thiophene rings is 1. The number of benzene rings is 2. The van der Waals surface area contributed by atoms with Gasteiger partial charge >= 0.3 is 5.97 Å². The second-order valence-corrected chi connectivity index (χ2v) is 11.3. The minimum atomic E-state index is -0.396. The van der Waals surface area contributed by atoms with Crippen LogP contribution in [0.2, 0.25) is 0 Å². The Hall–Kier alpha value is -1.99. The molecule has 1 aromatic heterocycles. The van der Waals surface area contributed by atoms with Gasteiger partial charge in [-0.3, -0.25) is 4.79 Å². The first-order chi connectivity index (χ1) is 17.0. The monoisotopic (exact) mass is 714 g/mol. The fraction of sp³-hybridized carbons (Fsp3) is 0.269. The highest BCUT2D eigenvalue weighted by atomic mass is 127. The van der Waals surface area contributed by atoms with Gasteiger partial charge in [0.25, 0.3) is 5.91 Å². The molecule has 1 amide bonds. The summed E-state index contributed by atoms with van der Waals surface area (Å²) in [5, 5.41) is 3.76.